The van der Waals surface area contributed by atoms with Crippen LogP contribution in [0, 0.1) is 13.8 Å². The highest BCUT2D eigenvalue weighted by molar-refractivity contribution is 9.09. The molecule has 1 aromatic rings. The minimum absolute atomic E-state index is 0.136. The van der Waals surface area contributed by atoms with Crippen molar-refractivity contribution in [3.63, 3.8) is 0 Å². The standard InChI is InChI=1S/C13H22BrN3O2S/c1-10-13(11(2)16(3)15-10)20(18,19)17(9-8-14)12-6-4-5-7-12/h12H,4-9H2,1-3H3. The monoisotopic (exact) mass is 363 g/mol. The van der Waals surface area contributed by atoms with Crippen molar-refractivity contribution < 1.29 is 8.42 Å². The van der Waals surface area contributed by atoms with E-state index in [9.17, 15) is 8.42 Å². The van der Waals surface area contributed by atoms with E-state index in [1.165, 1.54) is 0 Å². The van der Waals surface area contributed by atoms with Crippen LogP contribution in [0.2, 0.25) is 0 Å². The minimum Gasteiger partial charge on any atom is -0.271 e. The van der Waals surface area contributed by atoms with Crippen LogP contribution >= 0.6 is 15.9 Å². The summed E-state index contributed by atoms with van der Waals surface area (Å²) in [6.45, 7) is 4.09. The summed E-state index contributed by atoms with van der Waals surface area (Å²) in [7, 11) is -1.68. The molecule has 0 spiro atoms. The summed E-state index contributed by atoms with van der Waals surface area (Å²) in [6, 6.07) is 0.136. The zero-order chi connectivity index (χ0) is 14.9. The van der Waals surface area contributed by atoms with Crippen LogP contribution in [-0.4, -0.2) is 40.4 Å². The van der Waals surface area contributed by atoms with Gasteiger partial charge in [-0.3, -0.25) is 4.68 Å². The third-order valence-corrected chi connectivity index (χ3v) is 6.61. The van der Waals surface area contributed by atoms with Gasteiger partial charge in [-0.2, -0.15) is 9.40 Å². The van der Waals surface area contributed by atoms with Crippen LogP contribution in [-0.2, 0) is 17.1 Å². The van der Waals surface area contributed by atoms with Gasteiger partial charge in [-0.1, -0.05) is 28.8 Å². The van der Waals surface area contributed by atoms with Gasteiger partial charge in [-0.25, -0.2) is 8.42 Å². The Balaban J connectivity index is 2.44. The molecule has 1 aromatic heterocycles. The summed E-state index contributed by atoms with van der Waals surface area (Å²) >= 11 is 3.38. The van der Waals surface area contributed by atoms with Crippen molar-refractivity contribution in [3.8, 4) is 0 Å². The van der Waals surface area contributed by atoms with Crippen molar-refractivity contribution in [1.82, 2.24) is 14.1 Å². The first-order valence-electron chi connectivity index (χ1n) is 6.97. The summed E-state index contributed by atoms with van der Waals surface area (Å²) in [5.74, 6) is 0. The second-order valence-electron chi connectivity index (χ2n) is 5.37. The molecule has 0 saturated heterocycles. The molecule has 0 amide bonds. The lowest BCUT2D eigenvalue weighted by Gasteiger charge is -2.27. The quantitative estimate of drug-likeness (QED) is 0.754. The molecule has 0 radical (unpaired) electrons. The number of aromatic nitrogens is 2. The molecular weight excluding hydrogens is 342 g/mol. The van der Waals surface area contributed by atoms with Crippen LogP contribution in [0.15, 0.2) is 4.90 Å². The summed E-state index contributed by atoms with van der Waals surface area (Å²) in [6.07, 6.45) is 4.16. The Hall–Kier alpha value is -0.400. The number of rotatable bonds is 5. The first-order valence-corrected chi connectivity index (χ1v) is 9.53. The fourth-order valence-electron chi connectivity index (χ4n) is 3.02. The molecule has 1 fully saturated rings. The highest BCUT2D eigenvalue weighted by atomic mass is 79.9. The minimum atomic E-state index is -3.47. The zero-order valence-electron chi connectivity index (χ0n) is 12.3. The molecule has 1 aliphatic rings. The predicted octanol–water partition coefficient (Wildman–Crippen LogP) is 2.37. The van der Waals surface area contributed by atoms with E-state index in [4.69, 9.17) is 0 Å². The Morgan fingerprint density at radius 1 is 1.35 bits per heavy atom. The van der Waals surface area contributed by atoms with E-state index < -0.39 is 10.0 Å². The molecule has 0 bridgehead atoms. The van der Waals surface area contributed by atoms with Gasteiger partial charge in [-0.05, 0) is 26.7 Å². The third kappa shape index (κ3) is 2.80. The molecular formula is C13H22BrN3O2S. The second-order valence-corrected chi connectivity index (χ2v) is 7.99. The maximum atomic E-state index is 13.0. The zero-order valence-corrected chi connectivity index (χ0v) is 14.7. The summed E-state index contributed by atoms with van der Waals surface area (Å²) in [5, 5.41) is 4.90. The lowest BCUT2D eigenvalue weighted by atomic mass is 10.2. The number of alkyl halides is 1. The lowest BCUT2D eigenvalue weighted by Crippen LogP contribution is -2.40. The Labute approximate surface area is 129 Å². The van der Waals surface area contributed by atoms with Crippen LogP contribution in [0.25, 0.3) is 0 Å². The van der Waals surface area contributed by atoms with Crippen LogP contribution in [0.3, 0.4) is 0 Å². The Morgan fingerprint density at radius 2 is 1.95 bits per heavy atom. The first-order chi connectivity index (χ1) is 9.39. The van der Waals surface area contributed by atoms with E-state index in [0.29, 0.717) is 28.2 Å². The molecule has 1 saturated carbocycles. The molecule has 0 aliphatic heterocycles. The Bertz CT molecular complexity index is 577. The van der Waals surface area contributed by atoms with Crippen molar-refractivity contribution >= 4 is 26.0 Å². The molecule has 5 nitrogen and oxygen atoms in total. The van der Waals surface area contributed by atoms with E-state index >= 15 is 0 Å². The number of halogens is 1. The lowest BCUT2D eigenvalue weighted by molar-refractivity contribution is 0.337. The smallest absolute Gasteiger partial charge is 0.247 e. The summed E-state index contributed by atoms with van der Waals surface area (Å²) in [5.41, 5.74) is 1.29. The van der Waals surface area contributed by atoms with Gasteiger partial charge in [0.1, 0.15) is 4.90 Å². The van der Waals surface area contributed by atoms with E-state index in [2.05, 4.69) is 21.0 Å². The molecule has 1 heterocycles. The van der Waals surface area contributed by atoms with Gasteiger partial charge < -0.3 is 0 Å². The largest absolute Gasteiger partial charge is 0.271 e. The van der Waals surface area contributed by atoms with Gasteiger partial charge in [0.2, 0.25) is 10.0 Å². The second kappa shape index (κ2) is 6.15. The molecule has 2 rings (SSSR count). The van der Waals surface area contributed by atoms with Crippen molar-refractivity contribution in [1.29, 1.82) is 0 Å². The van der Waals surface area contributed by atoms with Crippen LogP contribution in [0.5, 0.6) is 0 Å². The predicted molar refractivity (Wildman–Crippen MR) is 82.6 cm³/mol. The fourth-order valence-corrected chi connectivity index (χ4v) is 5.73. The van der Waals surface area contributed by atoms with Gasteiger partial charge >= 0.3 is 0 Å². The number of hydrogen-bond donors (Lipinski definition) is 0. The van der Waals surface area contributed by atoms with Crippen molar-refractivity contribution in [2.45, 2.75) is 50.5 Å². The number of sulfonamides is 1. The first kappa shape index (κ1) is 16.0. The molecule has 20 heavy (non-hydrogen) atoms. The molecule has 1 aliphatic carbocycles. The maximum Gasteiger partial charge on any atom is 0.247 e. The van der Waals surface area contributed by atoms with Crippen LogP contribution in [0.1, 0.15) is 37.1 Å². The molecule has 0 unspecified atom stereocenters. The van der Waals surface area contributed by atoms with Gasteiger partial charge in [0.15, 0.2) is 0 Å². The van der Waals surface area contributed by atoms with Crippen LogP contribution < -0.4 is 0 Å². The molecule has 0 N–H and O–H groups in total. The van der Waals surface area contributed by atoms with Crippen molar-refractivity contribution in [3.05, 3.63) is 11.4 Å². The molecule has 7 heteroatoms. The molecule has 0 atom stereocenters. The van der Waals surface area contributed by atoms with E-state index in [-0.39, 0.29) is 6.04 Å². The number of hydrogen-bond acceptors (Lipinski definition) is 3. The van der Waals surface area contributed by atoms with Gasteiger partial charge in [0.05, 0.1) is 11.4 Å². The Morgan fingerprint density at radius 3 is 2.40 bits per heavy atom. The SMILES string of the molecule is Cc1nn(C)c(C)c1S(=O)(=O)N(CCBr)C1CCCC1. The topological polar surface area (TPSA) is 55.2 Å². The average molecular weight is 364 g/mol. The van der Waals surface area contributed by atoms with Gasteiger partial charge in [-0.15, -0.1) is 0 Å². The number of aryl methyl sites for hydroxylation is 2. The third-order valence-electron chi connectivity index (χ3n) is 4.05. The van der Waals surface area contributed by atoms with E-state index in [1.54, 1.807) is 23.0 Å². The Kier molecular flexibility index (Phi) is 4.92. The van der Waals surface area contributed by atoms with E-state index in [1.807, 2.05) is 6.92 Å². The highest BCUT2D eigenvalue weighted by Gasteiger charge is 2.35. The fraction of sp³-hybridized carbons (Fsp3) is 0.769. The average Bonchev–Trinajstić information content (AvgIpc) is 2.96. The van der Waals surface area contributed by atoms with Crippen molar-refractivity contribution in [2.75, 3.05) is 11.9 Å². The van der Waals surface area contributed by atoms with E-state index in [0.717, 1.165) is 25.7 Å². The molecule has 0 aromatic carbocycles. The number of nitrogens with zero attached hydrogens (tertiary/aromatic N) is 3. The van der Waals surface area contributed by atoms with Gasteiger partial charge in [0, 0.05) is 25.0 Å². The maximum absolute atomic E-state index is 13.0. The van der Waals surface area contributed by atoms with Crippen LogP contribution in [0.4, 0.5) is 0 Å². The highest BCUT2D eigenvalue weighted by Crippen LogP contribution is 2.31. The molecule has 114 valence electrons. The summed E-state index contributed by atoms with van der Waals surface area (Å²) < 4.78 is 29.3. The van der Waals surface area contributed by atoms with Gasteiger partial charge in [0.25, 0.3) is 0 Å². The van der Waals surface area contributed by atoms with Crippen molar-refractivity contribution in [2.24, 2.45) is 7.05 Å². The summed E-state index contributed by atoms with van der Waals surface area (Å²) in [4.78, 5) is 0.382. The normalized spacial score (nSPS) is 17.2.